The zero-order valence-corrected chi connectivity index (χ0v) is 9.05. The maximum Gasteiger partial charge on any atom is 0.178 e. The van der Waals surface area contributed by atoms with Crippen molar-refractivity contribution in [3.8, 4) is 0 Å². The summed E-state index contributed by atoms with van der Waals surface area (Å²) in [5.41, 5.74) is 6.29. The van der Waals surface area contributed by atoms with Gasteiger partial charge in [-0.15, -0.1) is 0 Å². The fourth-order valence-corrected chi connectivity index (χ4v) is 2.64. The minimum Gasteiger partial charge on any atom is -0.326 e. The van der Waals surface area contributed by atoms with E-state index in [0.717, 1.165) is 5.56 Å². The molecular formula is C10H15NO2S. The van der Waals surface area contributed by atoms with Gasteiger partial charge >= 0.3 is 0 Å². The fraction of sp³-hybridized carbons (Fsp3) is 0.400. The largest absolute Gasteiger partial charge is 0.326 e. The lowest BCUT2D eigenvalue weighted by Crippen LogP contribution is -2.07. The first kappa shape index (κ1) is 11.2. The molecule has 0 saturated heterocycles. The van der Waals surface area contributed by atoms with Crippen LogP contribution in [0.25, 0.3) is 0 Å². The number of hydrogen-bond donors (Lipinski definition) is 1. The van der Waals surface area contributed by atoms with Gasteiger partial charge in [0, 0.05) is 6.54 Å². The van der Waals surface area contributed by atoms with E-state index in [1.807, 2.05) is 13.0 Å². The van der Waals surface area contributed by atoms with Crippen molar-refractivity contribution in [1.82, 2.24) is 0 Å². The third-order valence-corrected chi connectivity index (χ3v) is 3.88. The van der Waals surface area contributed by atoms with Crippen molar-refractivity contribution in [2.75, 3.05) is 5.75 Å². The monoisotopic (exact) mass is 213 g/mol. The molecule has 0 heterocycles. The summed E-state index contributed by atoms with van der Waals surface area (Å²) < 4.78 is 23.3. The van der Waals surface area contributed by atoms with Gasteiger partial charge in [0.25, 0.3) is 0 Å². The van der Waals surface area contributed by atoms with Crippen molar-refractivity contribution in [2.24, 2.45) is 5.73 Å². The molecule has 0 aliphatic rings. The van der Waals surface area contributed by atoms with Crippen LogP contribution in [0, 0.1) is 0 Å². The second-order valence-electron chi connectivity index (χ2n) is 3.17. The Kier molecular flexibility index (Phi) is 3.66. The van der Waals surface area contributed by atoms with Gasteiger partial charge in [-0.3, -0.25) is 0 Å². The molecule has 0 bridgehead atoms. The maximum atomic E-state index is 11.7. The number of nitrogens with two attached hydrogens (primary N) is 1. The van der Waals surface area contributed by atoms with E-state index < -0.39 is 9.84 Å². The highest BCUT2D eigenvalue weighted by atomic mass is 32.2. The molecule has 0 aromatic heterocycles. The van der Waals surface area contributed by atoms with Gasteiger partial charge in [0.1, 0.15) is 0 Å². The lowest BCUT2D eigenvalue weighted by Gasteiger charge is -2.04. The van der Waals surface area contributed by atoms with Crippen molar-refractivity contribution < 1.29 is 8.42 Å². The van der Waals surface area contributed by atoms with E-state index in [0.29, 0.717) is 17.9 Å². The van der Waals surface area contributed by atoms with Crippen LogP contribution in [0.15, 0.2) is 29.2 Å². The van der Waals surface area contributed by atoms with Crippen LogP contribution in [-0.4, -0.2) is 14.2 Å². The third kappa shape index (κ3) is 2.56. The number of benzene rings is 1. The first-order valence-corrected chi connectivity index (χ1v) is 6.27. The lowest BCUT2D eigenvalue weighted by molar-refractivity contribution is 0.594. The Morgan fingerprint density at radius 2 is 2.07 bits per heavy atom. The molecule has 4 heteroatoms. The summed E-state index contributed by atoms with van der Waals surface area (Å²) >= 11 is 0. The predicted molar refractivity (Wildman–Crippen MR) is 56.7 cm³/mol. The van der Waals surface area contributed by atoms with E-state index in [9.17, 15) is 8.42 Å². The molecule has 0 atom stereocenters. The quantitative estimate of drug-likeness (QED) is 0.820. The molecule has 0 spiro atoms. The first-order valence-electron chi connectivity index (χ1n) is 4.62. The summed E-state index contributed by atoms with van der Waals surface area (Å²) in [5.74, 6) is 0.195. The van der Waals surface area contributed by atoms with E-state index in [-0.39, 0.29) is 5.75 Å². The van der Waals surface area contributed by atoms with Gasteiger partial charge < -0.3 is 5.73 Å². The first-order chi connectivity index (χ1) is 6.60. The van der Waals surface area contributed by atoms with Gasteiger partial charge in [0.15, 0.2) is 9.84 Å². The molecule has 0 radical (unpaired) electrons. The molecule has 0 unspecified atom stereocenters. The molecule has 0 amide bonds. The van der Waals surface area contributed by atoms with Gasteiger partial charge in [-0.25, -0.2) is 8.42 Å². The van der Waals surface area contributed by atoms with Crippen LogP contribution in [0.3, 0.4) is 0 Å². The molecule has 1 rings (SSSR count). The Hall–Kier alpha value is -0.870. The van der Waals surface area contributed by atoms with E-state index in [4.69, 9.17) is 5.73 Å². The van der Waals surface area contributed by atoms with Gasteiger partial charge in [-0.1, -0.05) is 19.1 Å². The molecule has 14 heavy (non-hydrogen) atoms. The van der Waals surface area contributed by atoms with Crippen molar-refractivity contribution in [2.45, 2.75) is 24.8 Å². The maximum absolute atomic E-state index is 11.7. The summed E-state index contributed by atoms with van der Waals surface area (Å²) in [6.07, 6.45) is 0.634. The average molecular weight is 213 g/mol. The highest BCUT2D eigenvalue weighted by Crippen LogP contribution is 2.13. The highest BCUT2D eigenvalue weighted by molar-refractivity contribution is 7.91. The number of sulfone groups is 1. The second-order valence-corrected chi connectivity index (χ2v) is 5.28. The van der Waals surface area contributed by atoms with Crippen molar-refractivity contribution >= 4 is 9.84 Å². The van der Waals surface area contributed by atoms with Crippen LogP contribution in [-0.2, 0) is 16.4 Å². The van der Waals surface area contributed by atoms with Crippen molar-refractivity contribution in [3.63, 3.8) is 0 Å². The van der Waals surface area contributed by atoms with Crippen LogP contribution in [0.5, 0.6) is 0 Å². The van der Waals surface area contributed by atoms with E-state index in [2.05, 4.69) is 0 Å². The van der Waals surface area contributed by atoms with Gasteiger partial charge in [0.05, 0.1) is 10.6 Å². The molecule has 1 aromatic rings. The van der Waals surface area contributed by atoms with Gasteiger partial charge in [-0.2, -0.15) is 0 Å². The summed E-state index contributed by atoms with van der Waals surface area (Å²) in [6, 6.07) is 6.81. The molecule has 3 nitrogen and oxygen atoms in total. The zero-order valence-electron chi connectivity index (χ0n) is 8.23. The molecule has 0 fully saturated rings. The Balaban J connectivity index is 3.07. The van der Waals surface area contributed by atoms with Crippen LogP contribution in [0.1, 0.15) is 18.9 Å². The van der Waals surface area contributed by atoms with Crippen LogP contribution >= 0.6 is 0 Å². The SMILES string of the molecule is CCCS(=O)(=O)c1cccc(CN)c1. The topological polar surface area (TPSA) is 60.2 Å². The van der Waals surface area contributed by atoms with Gasteiger partial charge in [-0.05, 0) is 24.1 Å². The Morgan fingerprint density at radius 1 is 1.36 bits per heavy atom. The smallest absolute Gasteiger partial charge is 0.178 e. The summed E-state index contributed by atoms with van der Waals surface area (Å²) in [4.78, 5) is 0.377. The molecule has 0 aliphatic carbocycles. The lowest BCUT2D eigenvalue weighted by atomic mass is 10.2. The van der Waals surface area contributed by atoms with Crippen LogP contribution in [0.2, 0.25) is 0 Å². The summed E-state index contributed by atoms with van der Waals surface area (Å²) in [5, 5.41) is 0. The minimum absolute atomic E-state index is 0.195. The second kappa shape index (κ2) is 4.57. The standard InChI is InChI=1S/C10H15NO2S/c1-2-6-14(12,13)10-5-3-4-9(7-10)8-11/h3-5,7H,2,6,8,11H2,1H3. The van der Waals surface area contributed by atoms with Crippen LogP contribution in [0.4, 0.5) is 0 Å². The Labute approximate surface area is 84.9 Å². The Morgan fingerprint density at radius 3 is 2.64 bits per heavy atom. The summed E-state index contributed by atoms with van der Waals surface area (Å²) in [6.45, 7) is 2.22. The number of rotatable bonds is 4. The molecule has 78 valence electrons. The highest BCUT2D eigenvalue weighted by Gasteiger charge is 2.12. The minimum atomic E-state index is -3.10. The molecule has 1 aromatic carbocycles. The molecule has 0 aliphatic heterocycles. The third-order valence-electron chi connectivity index (χ3n) is 1.97. The van der Waals surface area contributed by atoms with Crippen molar-refractivity contribution in [1.29, 1.82) is 0 Å². The average Bonchev–Trinajstić information content (AvgIpc) is 2.18. The molecule has 2 N–H and O–H groups in total. The fourth-order valence-electron chi connectivity index (χ4n) is 1.25. The van der Waals surface area contributed by atoms with Crippen molar-refractivity contribution in [3.05, 3.63) is 29.8 Å². The predicted octanol–water partition coefficient (Wildman–Crippen LogP) is 1.33. The summed E-state index contributed by atoms with van der Waals surface area (Å²) in [7, 11) is -3.10. The van der Waals surface area contributed by atoms with Gasteiger partial charge in [0.2, 0.25) is 0 Å². The number of hydrogen-bond acceptors (Lipinski definition) is 3. The van der Waals surface area contributed by atoms with E-state index in [1.54, 1.807) is 18.2 Å². The van der Waals surface area contributed by atoms with Crippen LogP contribution < -0.4 is 5.73 Å². The zero-order chi connectivity index (χ0) is 10.6. The Bertz CT molecular complexity index is 398. The van der Waals surface area contributed by atoms with E-state index >= 15 is 0 Å². The van der Waals surface area contributed by atoms with E-state index in [1.165, 1.54) is 0 Å². The molecular weight excluding hydrogens is 198 g/mol. The molecule has 0 saturated carbocycles. The normalized spacial score (nSPS) is 11.6.